The van der Waals surface area contributed by atoms with Crippen LogP contribution in [0.3, 0.4) is 0 Å². The van der Waals surface area contributed by atoms with Crippen LogP contribution in [0.25, 0.3) is 34.2 Å². The van der Waals surface area contributed by atoms with Crippen molar-refractivity contribution in [1.82, 2.24) is 24.0 Å². The van der Waals surface area contributed by atoms with E-state index in [4.69, 9.17) is 45.6 Å². The predicted octanol–water partition coefficient (Wildman–Crippen LogP) is 22.0. The topological polar surface area (TPSA) is 96.0 Å². The van der Waals surface area contributed by atoms with Gasteiger partial charge in [0.25, 0.3) is 6.85 Å². The third-order valence-electron chi connectivity index (χ3n) is 14.9. The molecule has 9 rings (SSSR count). The van der Waals surface area contributed by atoms with Crippen LogP contribution in [0.4, 0.5) is 0 Å². The summed E-state index contributed by atoms with van der Waals surface area (Å²) in [6, 6.07) is 46.8. The molecular formula is C72H89Cl2N5O5P2. The fourth-order valence-corrected chi connectivity index (χ4v) is 12.1. The number of aromatic hydroxyl groups is 1. The van der Waals surface area contributed by atoms with Crippen LogP contribution in [0.1, 0.15) is 155 Å². The molecule has 0 unspecified atom stereocenters. The molecule has 14 heteroatoms. The first-order valence-corrected chi connectivity index (χ1v) is 34.0. The Kier molecular flexibility index (Phi) is 26.2. The van der Waals surface area contributed by atoms with Gasteiger partial charge in [-0.3, -0.25) is 9.13 Å². The van der Waals surface area contributed by atoms with Crippen molar-refractivity contribution in [3.05, 3.63) is 220 Å². The smallest absolute Gasteiger partial charge is 0.507 e. The quantitative estimate of drug-likeness (QED) is 0.0800. The molecule has 2 heterocycles. The summed E-state index contributed by atoms with van der Waals surface area (Å²) in [4.78, 5) is 11.8. The van der Waals surface area contributed by atoms with E-state index in [0.717, 1.165) is 67.7 Å². The molecule has 0 amide bonds. The molecule has 0 aliphatic carbocycles. The van der Waals surface area contributed by atoms with E-state index in [9.17, 15) is 5.11 Å². The second-order valence-electron chi connectivity index (χ2n) is 22.6. The van der Waals surface area contributed by atoms with Gasteiger partial charge in [-0.15, -0.1) is 0 Å². The number of aryl methyl sites for hydroxylation is 6. The summed E-state index contributed by atoms with van der Waals surface area (Å²) in [6.45, 7) is 38.4. The van der Waals surface area contributed by atoms with Crippen molar-refractivity contribution in [1.29, 1.82) is 0 Å². The fraction of sp³-hybridized carbons (Fsp3) is 0.333. The molecular weight excluding hydrogens is 1150 g/mol. The highest BCUT2D eigenvalue weighted by Gasteiger charge is 2.26. The molecule has 0 aliphatic rings. The molecule has 0 spiro atoms. The van der Waals surface area contributed by atoms with E-state index < -0.39 is 15.5 Å². The molecule has 7 aromatic carbocycles. The molecule has 1 N–H and O–H groups in total. The number of nitrogens with zero attached hydrogens (tertiary/aromatic N) is 5. The number of halogens is 2. The molecule has 0 aliphatic heterocycles. The Hall–Kier alpha value is -6.64. The Morgan fingerprint density at radius 3 is 1.06 bits per heavy atom. The Morgan fingerprint density at radius 2 is 0.756 bits per heavy atom. The van der Waals surface area contributed by atoms with Crippen molar-refractivity contribution >= 4 is 37.9 Å². The zero-order chi connectivity index (χ0) is 62.8. The van der Waals surface area contributed by atoms with Gasteiger partial charge in [0.1, 0.15) is 40.4 Å². The number of hydrogen-bond donors (Lipinski definition) is 1. The zero-order valence-corrected chi connectivity index (χ0v) is 56.8. The van der Waals surface area contributed by atoms with Crippen LogP contribution >= 0.6 is 37.9 Å². The van der Waals surface area contributed by atoms with E-state index in [0.29, 0.717) is 40.9 Å². The van der Waals surface area contributed by atoms with Crippen LogP contribution in [-0.4, -0.2) is 48.7 Å². The van der Waals surface area contributed by atoms with E-state index in [1.807, 2.05) is 157 Å². The summed E-state index contributed by atoms with van der Waals surface area (Å²) in [5.74, 6) is 6.52. The molecule has 0 bridgehead atoms. The second kappa shape index (κ2) is 32.9. The minimum Gasteiger partial charge on any atom is -0.507 e. The number of phenols is 1. The lowest BCUT2D eigenvalue weighted by atomic mass is 9.92. The fourth-order valence-electron chi connectivity index (χ4n) is 10.1. The van der Waals surface area contributed by atoms with Crippen molar-refractivity contribution in [2.45, 2.75) is 141 Å². The third kappa shape index (κ3) is 18.2. The summed E-state index contributed by atoms with van der Waals surface area (Å²) in [7, 11) is -1.83. The SMILES string of the molecule is CC(C)c1cccc(C(C)C)c1-n1ccnc1-c1cccc(OP(Cl)Cl)c1.CCN(CC)CC.Cc1cccc(C)c1O.Cc1cccc(C)c1OP(Oc1cccc(-c2nccn2-c2c(C(C)C)cccc2C(C)C)c1)Oc1c(C)cccc1C. The standard InChI is InChI=1S/C37H41N2O3P.C21H23Cl2N2OP.C8H10O.C6H15N/c1-24(2)32-19-12-20-33(25(3)4)34(32)39-22-21-38-37(39)30-17-11-18-31(23-30)40-43(41-35-26(5)13-9-14-27(35)6)42-36-28(7)15-10-16-29(36)8;1-14(2)18-9-6-10-19(15(3)4)20(18)25-12-11-24-21(25)16-7-5-8-17(13-16)26-27(22)23;1-6-4-3-5-7(2)8(6)9;1-4-7(5-2)6-3/h9-25H,1-8H3;5-15H,1-4H3;3-5,9H,1-2H3;4-6H2,1-3H3. The van der Waals surface area contributed by atoms with E-state index in [1.54, 1.807) is 0 Å². The van der Waals surface area contributed by atoms with Crippen LogP contribution in [0.15, 0.2) is 164 Å². The van der Waals surface area contributed by atoms with Gasteiger partial charge in [-0.05, 0) is 187 Å². The average molecular weight is 1240 g/mol. The first kappa shape index (κ1) is 68.5. The van der Waals surface area contributed by atoms with Gasteiger partial charge in [-0.2, -0.15) is 0 Å². The number of imidazole rings is 2. The van der Waals surface area contributed by atoms with Crippen LogP contribution in [0.5, 0.6) is 28.7 Å². The summed E-state index contributed by atoms with van der Waals surface area (Å²) < 4.78 is 29.4. The number of phenolic OH excluding ortho intramolecular Hbond substituents is 1. The summed E-state index contributed by atoms with van der Waals surface area (Å²) >= 11 is 11.6. The normalized spacial score (nSPS) is 11.2. The minimum atomic E-state index is -1.83. The zero-order valence-electron chi connectivity index (χ0n) is 53.5. The van der Waals surface area contributed by atoms with E-state index >= 15 is 0 Å². The van der Waals surface area contributed by atoms with Gasteiger partial charge in [0.15, 0.2) is 0 Å². The highest BCUT2D eigenvalue weighted by Crippen LogP contribution is 2.49. The molecule has 0 saturated carbocycles. The molecule has 456 valence electrons. The molecule has 0 atom stereocenters. The minimum absolute atomic E-state index is 0.367. The van der Waals surface area contributed by atoms with Crippen molar-refractivity contribution in [3.8, 4) is 62.9 Å². The molecule has 0 radical (unpaired) electrons. The lowest BCUT2D eigenvalue weighted by molar-refractivity contribution is 0.321. The summed E-state index contributed by atoms with van der Waals surface area (Å²) in [6.07, 6.45) is 7.77. The molecule has 86 heavy (non-hydrogen) atoms. The van der Waals surface area contributed by atoms with Crippen LogP contribution in [0, 0.1) is 41.5 Å². The van der Waals surface area contributed by atoms with Gasteiger partial charge in [-0.25, -0.2) is 9.97 Å². The molecule has 9 aromatic rings. The van der Waals surface area contributed by atoms with Gasteiger partial charge < -0.3 is 28.1 Å². The molecule has 2 aromatic heterocycles. The van der Waals surface area contributed by atoms with Crippen molar-refractivity contribution in [2.75, 3.05) is 19.6 Å². The number of aromatic nitrogens is 4. The summed E-state index contributed by atoms with van der Waals surface area (Å²) in [5.41, 5.74) is 15.5. The second-order valence-corrected chi connectivity index (χ2v) is 26.5. The molecule has 0 fully saturated rings. The first-order chi connectivity index (χ1) is 41.1. The van der Waals surface area contributed by atoms with Gasteiger partial charge in [-0.1, -0.05) is 191 Å². The van der Waals surface area contributed by atoms with Crippen molar-refractivity contribution in [2.24, 2.45) is 0 Å². The van der Waals surface area contributed by atoms with Crippen LogP contribution in [-0.2, 0) is 0 Å². The largest absolute Gasteiger partial charge is 0.530 e. The average Bonchev–Trinajstić information content (AvgIpc) is 1.63. The van der Waals surface area contributed by atoms with Crippen molar-refractivity contribution in [3.63, 3.8) is 0 Å². The maximum absolute atomic E-state index is 9.21. The van der Waals surface area contributed by atoms with Gasteiger partial charge in [0, 0.05) is 35.9 Å². The lowest BCUT2D eigenvalue weighted by Gasteiger charge is -2.22. The Labute approximate surface area is 525 Å². The Balaban J connectivity index is 0.000000231. The highest BCUT2D eigenvalue weighted by atomic mass is 35.9. The van der Waals surface area contributed by atoms with E-state index in [-0.39, 0.29) is 0 Å². The first-order valence-electron chi connectivity index (χ1n) is 29.9. The van der Waals surface area contributed by atoms with Gasteiger partial charge >= 0.3 is 8.60 Å². The van der Waals surface area contributed by atoms with Crippen LogP contribution in [0.2, 0.25) is 0 Å². The van der Waals surface area contributed by atoms with E-state index in [1.165, 1.54) is 53.3 Å². The lowest BCUT2D eigenvalue weighted by Crippen LogP contribution is -2.21. The number of para-hydroxylation sites is 5. The van der Waals surface area contributed by atoms with Crippen molar-refractivity contribution < 1.29 is 23.2 Å². The number of benzene rings is 7. The van der Waals surface area contributed by atoms with Gasteiger partial charge in [0.2, 0.25) is 0 Å². The molecule has 0 saturated heterocycles. The highest BCUT2D eigenvalue weighted by molar-refractivity contribution is 8.00. The van der Waals surface area contributed by atoms with E-state index in [2.05, 4.69) is 144 Å². The summed E-state index contributed by atoms with van der Waals surface area (Å²) in [5, 5.41) is 9.21. The Morgan fingerprint density at radius 1 is 0.442 bits per heavy atom. The Bertz CT molecular complexity index is 3420. The van der Waals surface area contributed by atoms with Gasteiger partial charge in [0.05, 0.1) is 11.4 Å². The maximum atomic E-state index is 9.21. The monoisotopic (exact) mass is 1240 g/mol. The van der Waals surface area contributed by atoms with Crippen LogP contribution < -0.4 is 18.1 Å². The maximum Gasteiger partial charge on any atom is 0.530 e. The number of rotatable bonds is 19. The molecule has 10 nitrogen and oxygen atoms in total. The predicted molar refractivity (Wildman–Crippen MR) is 365 cm³/mol. The third-order valence-corrected chi connectivity index (χ3v) is 16.7. The number of hydrogen-bond acceptors (Lipinski definition) is 8.